The summed E-state index contributed by atoms with van der Waals surface area (Å²) in [6, 6.07) is 12.2. The zero-order valence-electron chi connectivity index (χ0n) is 16.1. The number of fused-ring (bicyclic) bond motifs is 1. The molecule has 1 aliphatic rings. The number of aromatic nitrogens is 2. The summed E-state index contributed by atoms with van der Waals surface area (Å²) in [6.45, 7) is 4.04. The lowest BCUT2D eigenvalue weighted by atomic mass is 10.1. The lowest BCUT2D eigenvalue weighted by Gasteiger charge is -2.26. The summed E-state index contributed by atoms with van der Waals surface area (Å²) in [5.41, 5.74) is 0.223. The molecule has 1 saturated heterocycles. The van der Waals surface area contributed by atoms with Gasteiger partial charge in [0.1, 0.15) is 4.90 Å². The molecule has 0 unspecified atom stereocenters. The second-order valence-electron chi connectivity index (χ2n) is 6.87. The Labute approximate surface area is 169 Å². The van der Waals surface area contributed by atoms with Gasteiger partial charge in [-0.15, -0.1) is 0 Å². The third-order valence-electron chi connectivity index (χ3n) is 5.00. The molecule has 29 heavy (non-hydrogen) atoms. The van der Waals surface area contributed by atoms with Gasteiger partial charge >= 0.3 is 0 Å². The van der Waals surface area contributed by atoms with Crippen molar-refractivity contribution in [3.63, 3.8) is 0 Å². The van der Waals surface area contributed by atoms with Crippen LogP contribution in [0.25, 0.3) is 10.8 Å². The summed E-state index contributed by atoms with van der Waals surface area (Å²) in [5, 5.41) is 5.78. The molecule has 10 heteroatoms. The average molecular weight is 436 g/mol. The quantitative estimate of drug-likeness (QED) is 0.621. The van der Waals surface area contributed by atoms with Crippen LogP contribution in [0.2, 0.25) is 0 Å². The SMILES string of the molecule is Cc1nn(S(=O)(=O)c2ccc3ccccc3c2)c(C)c1S(=O)(=O)N1CCOCC1. The zero-order valence-corrected chi connectivity index (χ0v) is 17.7. The topological polar surface area (TPSA) is 98.6 Å². The van der Waals surface area contributed by atoms with E-state index in [-0.39, 0.29) is 34.3 Å². The van der Waals surface area contributed by atoms with Crippen molar-refractivity contribution < 1.29 is 21.6 Å². The van der Waals surface area contributed by atoms with Crippen molar-refractivity contribution in [2.45, 2.75) is 23.6 Å². The average Bonchev–Trinajstić information content (AvgIpc) is 3.03. The Hall–Kier alpha value is -2.27. The number of hydrogen-bond donors (Lipinski definition) is 0. The van der Waals surface area contributed by atoms with Crippen LogP contribution in [0.5, 0.6) is 0 Å². The Morgan fingerprint density at radius 2 is 1.55 bits per heavy atom. The van der Waals surface area contributed by atoms with Crippen molar-refractivity contribution in [1.29, 1.82) is 0 Å². The Morgan fingerprint density at radius 1 is 0.897 bits per heavy atom. The third kappa shape index (κ3) is 3.35. The minimum absolute atomic E-state index is 0.0529. The number of hydrogen-bond acceptors (Lipinski definition) is 6. The lowest BCUT2D eigenvalue weighted by Crippen LogP contribution is -2.41. The molecule has 154 valence electrons. The van der Waals surface area contributed by atoms with Crippen LogP contribution in [-0.4, -0.2) is 56.6 Å². The van der Waals surface area contributed by atoms with Gasteiger partial charge in [-0.05, 0) is 36.8 Å². The van der Waals surface area contributed by atoms with Crippen molar-refractivity contribution >= 4 is 30.8 Å². The molecule has 0 atom stereocenters. The van der Waals surface area contributed by atoms with E-state index < -0.39 is 20.0 Å². The van der Waals surface area contributed by atoms with Crippen molar-refractivity contribution in [3.05, 3.63) is 53.9 Å². The first-order valence-corrected chi connectivity index (χ1v) is 12.0. The number of sulfonamides is 1. The highest BCUT2D eigenvalue weighted by atomic mass is 32.2. The predicted molar refractivity (Wildman–Crippen MR) is 108 cm³/mol. The van der Waals surface area contributed by atoms with Crippen molar-refractivity contribution in [2.75, 3.05) is 26.3 Å². The first kappa shape index (κ1) is 20.0. The van der Waals surface area contributed by atoms with Crippen LogP contribution in [0.3, 0.4) is 0 Å². The smallest absolute Gasteiger partial charge is 0.283 e. The van der Waals surface area contributed by atoms with Gasteiger partial charge in [-0.3, -0.25) is 0 Å². The number of rotatable bonds is 4. The van der Waals surface area contributed by atoms with E-state index in [1.165, 1.54) is 24.2 Å². The van der Waals surface area contributed by atoms with E-state index in [0.29, 0.717) is 13.2 Å². The molecule has 2 aromatic carbocycles. The molecule has 0 N–H and O–H groups in total. The van der Waals surface area contributed by atoms with E-state index in [0.717, 1.165) is 14.9 Å². The molecule has 0 aliphatic carbocycles. The van der Waals surface area contributed by atoms with E-state index in [1.807, 2.05) is 24.3 Å². The second-order valence-corrected chi connectivity index (χ2v) is 10.5. The fourth-order valence-electron chi connectivity index (χ4n) is 3.56. The molecule has 0 saturated carbocycles. The summed E-state index contributed by atoms with van der Waals surface area (Å²) >= 11 is 0. The maximum absolute atomic E-state index is 13.2. The van der Waals surface area contributed by atoms with Crippen molar-refractivity contribution in [3.8, 4) is 0 Å². The van der Waals surface area contributed by atoms with E-state index in [4.69, 9.17) is 4.74 Å². The highest BCUT2D eigenvalue weighted by Gasteiger charge is 2.34. The van der Waals surface area contributed by atoms with E-state index in [2.05, 4.69) is 5.10 Å². The van der Waals surface area contributed by atoms with Crippen LogP contribution in [0.15, 0.2) is 52.3 Å². The van der Waals surface area contributed by atoms with Gasteiger partial charge in [-0.2, -0.15) is 21.9 Å². The molecule has 3 aromatic rings. The molecular weight excluding hydrogens is 414 g/mol. The Balaban J connectivity index is 1.82. The Morgan fingerprint density at radius 3 is 2.24 bits per heavy atom. The van der Waals surface area contributed by atoms with Crippen molar-refractivity contribution in [2.24, 2.45) is 0 Å². The van der Waals surface area contributed by atoms with Gasteiger partial charge in [-0.25, -0.2) is 8.42 Å². The third-order valence-corrected chi connectivity index (χ3v) is 8.81. The highest BCUT2D eigenvalue weighted by Crippen LogP contribution is 2.28. The summed E-state index contributed by atoms with van der Waals surface area (Å²) in [7, 11) is -7.93. The largest absolute Gasteiger partial charge is 0.379 e. The van der Waals surface area contributed by atoms with Crippen LogP contribution in [0.1, 0.15) is 11.4 Å². The van der Waals surface area contributed by atoms with Crippen LogP contribution < -0.4 is 0 Å². The van der Waals surface area contributed by atoms with E-state index in [9.17, 15) is 16.8 Å². The minimum atomic E-state index is -4.06. The first-order valence-electron chi connectivity index (χ1n) is 9.11. The monoisotopic (exact) mass is 435 g/mol. The molecule has 1 aliphatic heterocycles. The Kier molecular flexibility index (Phi) is 4.97. The van der Waals surface area contributed by atoms with Crippen LogP contribution in [-0.2, 0) is 24.8 Å². The highest BCUT2D eigenvalue weighted by molar-refractivity contribution is 7.90. The van der Waals surface area contributed by atoms with Gasteiger partial charge in [0.15, 0.2) is 0 Å². The maximum Gasteiger partial charge on any atom is 0.283 e. The Bertz CT molecular complexity index is 1290. The fraction of sp³-hybridized carbons (Fsp3) is 0.316. The van der Waals surface area contributed by atoms with E-state index >= 15 is 0 Å². The summed E-state index contributed by atoms with van der Waals surface area (Å²) in [6.07, 6.45) is 0. The van der Waals surface area contributed by atoms with Gasteiger partial charge in [0.2, 0.25) is 10.0 Å². The van der Waals surface area contributed by atoms with Gasteiger partial charge in [0, 0.05) is 13.1 Å². The van der Waals surface area contributed by atoms with Crippen molar-refractivity contribution in [1.82, 2.24) is 13.5 Å². The number of morpholine rings is 1. The molecule has 0 spiro atoms. The lowest BCUT2D eigenvalue weighted by molar-refractivity contribution is 0.0730. The standard InChI is InChI=1S/C19H21N3O5S2/c1-14-19(29(25,26)21-9-11-27-12-10-21)15(2)22(20-14)28(23,24)18-8-7-16-5-3-4-6-17(16)13-18/h3-8,13H,9-12H2,1-2H3. The summed E-state index contributed by atoms with van der Waals surface area (Å²) in [5.74, 6) is 0. The number of benzene rings is 2. The normalized spacial score (nSPS) is 16.3. The second kappa shape index (κ2) is 7.21. The number of ether oxygens (including phenoxy) is 1. The summed E-state index contributed by atoms with van der Waals surface area (Å²) in [4.78, 5) is -0.0131. The molecule has 2 heterocycles. The first-order chi connectivity index (χ1) is 13.7. The predicted octanol–water partition coefficient (Wildman–Crippen LogP) is 1.91. The van der Waals surface area contributed by atoms with E-state index in [1.54, 1.807) is 12.1 Å². The molecule has 1 fully saturated rings. The number of nitrogens with zero attached hydrogens (tertiary/aromatic N) is 3. The molecule has 8 nitrogen and oxygen atoms in total. The molecule has 0 bridgehead atoms. The fourth-order valence-corrected chi connectivity index (χ4v) is 6.77. The van der Waals surface area contributed by atoms with Gasteiger partial charge in [0.05, 0.1) is 29.5 Å². The molecule has 1 aromatic heterocycles. The molecule has 4 rings (SSSR count). The van der Waals surface area contributed by atoms with Crippen LogP contribution in [0.4, 0.5) is 0 Å². The van der Waals surface area contributed by atoms with Gasteiger partial charge in [0.25, 0.3) is 10.0 Å². The van der Waals surface area contributed by atoms with Gasteiger partial charge in [-0.1, -0.05) is 30.3 Å². The van der Waals surface area contributed by atoms with Gasteiger partial charge < -0.3 is 4.74 Å². The summed E-state index contributed by atoms with van der Waals surface area (Å²) < 4.78 is 60.0. The minimum Gasteiger partial charge on any atom is -0.379 e. The maximum atomic E-state index is 13.2. The van der Waals surface area contributed by atoms with Crippen LogP contribution in [0, 0.1) is 13.8 Å². The molecule has 0 amide bonds. The number of aryl methyl sites for hydroxylation is 1. The molecule has 0 radical (unpaired) electrons. The zero-order chi connectivity index (χ0) is 20.8. The molecular formula is C19H21N3O5S2. The van der Waals surface area contributed by atoms with Crippen LogP contribution >= 0.6 is 0 Å².